The number of anilines is 3. The lowest BCUT2D eigenvalue weighted by atomic mass is 10.2. The Morgan fingerprint density at radius 2 is 1.55 bits per heavy atom. The van der Waals surface area contributed by atoms with Gasteiger partial charge in [-0.3, -0.25) is 9.59 Å². The number of nitrogens with one attached hydrogen (secondary N) is 2. The third-order valence-electron chi connectivity index (χ3n) is 6.48. The lowest BCUT2D eigenvalue weighted by molar-refractivity contribution is -0.117. The van der Waals surface area contributed by atoms with Crippen molar-refractivity contribution in [2.75, 3.05) is 68.5 Å². The third-order valence-corrected chi connectivity index (χ3v) is 6.48. The van der Waals surface area contributed by atoms with E-state index in [1.165, 1.54) is 48.4 Å². The quantitative estimate of drug-likeness (QED) is 0.419. The number of rotatable bonds is 9. The van der Waals surface area contributed by atoms with Crippen molar-refractivity contribution in [3.8, 4) is 0 Å². The molecule has 40 heavy (non-hydrogen) atoms. The van der Waals surface area contributed by atoms with E-state index in [2.05, 4.69) is 15.5 Å². The highest BCUT2D eigenvalue weighted by Crippen LogP contribution is 2.21. The molecule has 0 unspecified atom stereocenters. The summed E-state index contributed by atoms with van der Waals surface area (Å²) in [6.07, 6.45) is 0. The maximum atomic E-state index is 13.8. The van der Waals surface area contributed by atoms with Crippen LogP contribution in [0.4, 0.5) is 30.6 Å². The highest BCUT2D eigenvalue weighted by atomic mass is 19.1. The molecule has 1 heterocycles. The highest BCUT2D eigenvalue weighted by molar-refractivity contribution is 5.99. The number of urea groups is 1. The van der Waals surface area contributed by atoms with Gasteiger partial charge < -0.3 is 30.1 Å². The Morgan fingerprint density at radius 3 is 2.20 bits per heavy atom. The molecule has 4 rings (SSSR count). The van der Waals surface area contributed by atoms with Crippen LogP contribution < -0.4 is 15.5 Å². The fourth-order valence-electron chi connectivity index (χ4n) is 4.28. The molecule has 9 nitrogen and oxygen atoms in total. The Balaban J connectivity index is 1.28. The van der Waals surface area contributed by atoms with E-state index in [9.17, 15) is 23.2 Å². The van der Waals surface area contributed by atoms with Gasteiger partial charge in [0.1, 0.15) is 18.2 Å². The molecule has 210 valence electrons. The summed E-state index contributed by atoms with van der Waals surface area (Å²) < 4.78 is 32.2. The van der Waals surface area contributed by atoms with Crippen LogP contribution in [0.1, 0.15) is 10.4 Å². The first-order valence-corrected chi connectivity index (χ1v) is 12.8. The number of benzene rings is 3. The van der Waals surface area contributed by atoms with Crippen molar-refractivity contribution < 1.29 is 27.9 Å². The highest BCUT2D eigenvalue weighted by Gasteiger charge is 2.23. The number of halogens is 2. The standard InChI is InChI=1S/C29H31F2N5O4/c1-40-19-18-36(28(38)21-6-8-22(30)9-7-21)20-27(37)32-23-10-12-24(13-11-23)34-14-16-35(17-15-34)29(39)33-26-5-3-2-4-25(26)31/h2-13H,14-20H2,1H3,(H,32,37)(H,33,39). The van der Waals surface area contributed by atoms with Crippen molar-refractivity contribution in [1.29, 1.82) is 0 Å². The van der Waals surface area contributed by atoms with Crippen molar-refractivity contribution in [3.05, 3.63) is 90.0 Å². The Hall–Kier alpha value is -4.51. The lowest BCUT2D eigenvalue weighted by Gasteiger charge is -2.36. The molecule has 0 bridgehead atoms. The number of hydrogen-bond acceptors (Lipinski definition) is 5. The van der Waals surface area contributed by atoms with Gasteiger partial charge in [0.2, 0.25) is 5.91 Å². The number of piperazine rings is 1. The van der Waals surface area contributed by atoms with E-state index in [-0.39, 0.29) is 42.9 Å². The summed E-state index contributed by atoms with van der Waals surface area (Å²) >= 11 is 0. The molecular formula is C29H31F2N5O4. The molecule has 0 atom stereocenters. The maximum Gasteiger partial charge on any atom is 0.322 e. The van der Waals surface area contributed by atoms with Gasteiger partial charge in [-0.2, -0.15) is 0 Å². The Morgan fingerprint density at radius 1 is 0.875 bits per heavy atom. The smallest absolute Gasteiger partial charge is 0.322 e. The molecule has 0 aromatic heterocycles. The van der Waals surface area contributed by atoms with Crippen LogP contribution in [0.15, 0.2) is 72.8 Å². The number of carbonyl (C=O) groups is 3. The largest absolute Gasteiger partial charge is 0.383 e. The SMILES string of the molecule is COCCN(CC(=O)Nc1ccc(N2CCN(C(=O)Nc3ccccc3F)CC2)cc1)C(=O)c1ccc(F)cc1. The first kappa shape index (κ1) is 28.5. The van der Waals surface area contributed by atoms with E-state index in [1.54, 1.807) is 29.2 Å². The second kappa shape index (κ2) is 13.5. The van der Waals surface area contributed by atoms with Crippen LogP contribution in [-0.4, -0.2) is 80.6 Å². The fourth-order valence-corrected chi connectivity index (χ4v) is 4.28. The van der Waals surface area contributed by atoms with Gasteiger partial charge in [0, 0.05) is 56.8 Å². The Bertz CT molecular complexity index is 1310. The van der Waals surface area contributed by atoms with Crippen molar-refractivity contribution >= 4 is 34.9 Å². The Kier molecular flexibility index (Phi) is 9.63. The summed E-state index contributed by atoms with van der Waals surface area (Å²) in [7, 11) is 1.50. The van der Waals surface area contributed by atoms with Gasteiger partial charge in [-0.05, 0) is 60.7 Å². The van der Waals surface area contributed by atoms with Crippen molar-refractivity contribution in [1.82, 2.24) is 9.80 Å². The first-order chi connectivity index (χ1) is 19.3. The fraction of sp³-hybridized carbons (Fsp3) is 0.276. The zero-order valence-corrected chi connectivity index (χ0v) is 22.1. The number of ether oxygens (including phenoxy) is 1. The molecule has 11 heteroatoms. The van der Waals surface area contributed by atoms with E-state index >= 15 is 0 Å². The van der Waals surface area contributed by atoms with Gasteiger partial charge in [0.25, 0.3) is 5.91 Å². The molecule has 1 saturated heterocycles. The minimum absolute atomic E-state index is 0.147. The van der Waals surface area contributed by atoms with Crippen LogP contribution in [0, 0.1) is 11.6 Å². The van der Waals surface area contributed by atoms with E-state index < -0.39 is 17.5 Å². The number of nitrogens with zero attached hydrogens (tertiary/aromatic N) is 3. The minimum Gasteiger partial charge on any atom is -0.383 e. The van der Waals surface area contributed by atoms with Crippen LogP contribution in [0.25, 0.3) is 0 Å². The molecule has 0 aliphatic carbocycles. The van der Waals surface area contributed by atoms with Gasteiger partial charge in [0.05, 0.1) is 12.3 Å². The van der Waals surface area contributed by atoms with Crippen LogP contribution in [-0.2, 0) is 9.53 Å². The van der Waals surface area contributed by atoms with Crippen LogP contribution in [0.5, 0.6) is 0 Å². The number of methoxy groups -OCH3 is 1. The van der Waals surface area contributed by atoms with Gasteiger partial charge in [-0.15, -0.1) is 0 Å². The maximum absolute atomic E-state index is 13.8. The van der Waals surface area contributed by atoms with Gasteiger partial charge in [-0.1, -0.05) is 12.1 Å². The van der Waals surface area contributed by atoms with E-state index in [0.29, 0.717) is 31.9 Å². The summed E-state index contributed by atoms with van der Waals surface area (Å²) in [5, 5.41) is 5.41. The first-order valence-electron chi connectivity index (χ1n) is 12.8. The van der Waals surface area contributed by atoms with Crippen molar-refractivity contribution in [3.63, 3.8) is 0 Å². The summed E-state index contributed by atoms with van der Waals surface area (Å²) in [4.78, 5) is 43.2. The van der Waals surface area contributed by atoms with Crippen molar-refractivity contribution in [2.24, 2.45) is 0 Å². The third kappa shape index (κ3) is 7.54. The van der Waals surface area contributed by atoms with Crippen LogP contribution >= 0.6 is 0 Å². The molecule has 1 aliphatic rings. The van der Waals surface area contributed by atoms with Gasteiger partial charge in [-0.25, -0.2) is 13.6 Å². The molecule has 1 aliphatic heterocycles. The average Bonchev–Trinajstić information content (AvgIpc) is 2.97. The molecule has 2 N–H and O–H groups in total. The lowest BCUT2D eigenvalue weighted by Crippen LogP contribution is -2.50. The van der Waals surface area contributed by atoms with E-state index in [1.807, 2.05) is 12.1 Å². The van der Waals surface area contributed by atoms with Crippen molar-refractivity contribution in [2.45, 2.75) is 0 Å². The number of para-hydroxylation sites is 1. The summed E-state index contributed by atoms with van der Waals surface area (Å²) in [6, 6.07) is 18.1. The zero-order valence-electron chi connectivity index (χ0n) is 22.1. The average molecular weight is 552 g/mol. The second-order valence-electron chi connectivity index (χ2n) is 9.21. The molecule has 1 fully saturated rings. The van der Waals surface area contributed by atoms with Crippen LogP contribution in [0.3, 0.4) is 0 Å². The molecular weight excluding hydrogens is 520 g/mol. The van der Waals surface area contributed by atoms with Gasteiger partial charge >= 0.3 is 6.03 Å². The predicted molar refractivity (Wildman–Crippen MR) is 148 cm³/mol. The molecule has 0 saturated carbocycles. The topological polar surface area (TPSA) is 94.2 Å². The number of hydrogen-bond donors (Lipinski definition) is 2. The van der Waals surface area contributed by atoms with E-state index in [4.69, 9.17) is 4.74 Å². The monoisotopic (exact) mass is 551 g/mol. The molecule has 0 spiro atoms. The molecule has 4 amide bonds. The number of carbonyl (C=O) groups excluding carboxylic acids is 3. The summed E-state index contributed by atoms with van der Waals surface area (Å²) in [6.45, 7) is 2.37. The summed E-state index contributed by atoms with van der Waals surface area (Å²) in [5.74, 6) is -1.71. The summed E-state index contributed by atoms with van der Waals surface area (Å²) in [5.41, 5.74) is 1.92. The van der Waals surface area contributed by atoms with Crippen LogP contribution in [0.2, 0.25) is 0 Å². The number of amides is 4. The Labute approximate surface area is 231 Å². The van der Waals surface area contributed by atoms with E-state index in [0.717, 1.165) is 5.69 Å². The molecule has 3 aromatic carbocycles. The normalized spacial score (nSPS) is 13.1. The zero-order chi connectivity index (χ0) is 28.5. The second-order valence-corrected chi connectivity index (χ2v) is 9.21. The molecule has 3 aromatic rings. The minimum atomic E-state index is -0.483. The predicted octanol–water partition coefficient (Wildman–Crippen LogP) is 4.05. The molecule has 0 radical (unpaired) electrons. The van der Waals surface area contributed by atoms with Gasteiger partial charge in [0.15, 0.2) is 0 Å².